The van der Waals surface area contributed by atoms with E-state index in [0.29, 0.717) is 6.54 Å². The third-order valence-corrected chi connectivity index (χ3v) is 3.10. The maximum absolute atomic E-state index is 11.8. The number of nitrogens with zero attached hydrogens (tertiary/aromatic N) is 2. The lowest BCUT2D eigenvalue weighted by Crippen LogP contribution is -2.45. The predicted octanol–water partition coefficient (Wildman–Crippen LogP) is 0.702. The molecule has 0 spiro atoms. The van der Waals surface area contributed by atoms with Gasteiger partial charge in [-0.3, -0.25) is 9.48 Å². The fraction of sp³-hybridized carbons (Fsp3) is 0.545. The van der Waals surface area contributed by atoms with E-state index in [-0.39, 0.29) is 10.9 Å². The molecule has 0 aliphatic carbocycles. The van der Waals surface area contributed by atoms with Crippen molar-refractivity contribution in [1.29, 1.82) is 0 Å². The summed E-state index contributed by atoms with van der Waals surface area (Å²) in [7, 11) is 0. The van der Waals surface area contributed by atoms with E-state index in [1.807, 2.05) is 16.9 Å². The number of nitrogens with one attached hydrogen (secondary N) is 1. The highest BCUT2D eigenvalue weighted by Crippen LogP contribution is 2.14. The van der Waals surface area contributed by atoms with Crippen LogP contribution in [0.25, 0.3) is 0 Å². The molecule has 0 saturated heterocycles. The topological polar surface area (TPSA) is 72.9 Å². The summed E-state index contributed by atoms with van der Waals surface area (Å²) in [5.41, 5.74) is 4.72. The minimum atomic E-state index is -0.791. The summed E-state index contributed by atoms with van der Waals surface area (Å²) in [6, 6.07) is 1.87. The Morgan fingerprint density at radius 3 is 2.82 bits per heavy atom. The van der Waals surface area contributed by atoms with Gasteiger partial charge in [-0.05, 0) is 26.3 Å². The summed E-state index contributed by atoms with van der Waals surface area (Å²) >= 11 is 4.85. The second-order valence-electron chi connectivity index (χ2n) is 4.37. The smallest absolute Gasteiger partial charge is 0.232 e. The Bertz CT molecular complexity index is 386. The van der Waals surface area contributed by atoms with Gasteiger partial charge in [-0.2, -0.15) is 5.10 Å². The maximum Gasteiger partial charge on any atom is 0.232 e. The van der Waals surface area contributed by atoms with E-state index in [1.165, 1.54) is 0 Å². The van der Waals surface area contributed by atoms with Crippen molar-refractivity contribution in [3.05, 3.63) is 18.5 Å². The molecule has 0 aliphatic rings. The van der Waals surface area contributed by atoms with Crippen LogP contribution in [-0.4, -0.2) is 27.2 Å². The Hall–Kier alpha value is -1.43. The molecule has 0 unspecified atom stereocenters. The van der Waals surface area contributed by atoms with Crippen LogP contribution in [-0.2, 0) is 11.3 Å². The Kier molecular flexibility index (Phi) is 4.62. The molecule has 3 N–H and O–H groups in total. The highest BCUT2D eigenvalue weighted by Gasteiger charge is 2.30. The fourth-order valence-electron chi connectivity index (χ4n) is 1.21. The lowest BCUT2D eigenvalue weighted by atomic mass is 9.92. The average molecular weight is 254 g/mol. The highest BCUT2D eigenvalue weighted by atomic mass is 32.1. The van der Waals surface area contributed by atoms with Crippen molar-refractivity contribution in [1.82, 2.24) is 15.1 Å². The summed E-state index contributed by atoms with van der Waals surface area (Å²) in [5, 5.41) is 6.89. The van der Waals surface area contributed by atoms with E-state index in [1.54, 1.807) is 20.0 Å². The van der Waals surface area contributed by atoms with Gasteiger partial charge >= 0.3 is 0 Å². The molecule has 0 aromatic carbocycles. The van der Waals surface area contributed by atoms with E-state index < -0.39 is 5.41 Å². The monoisotopic (exact) mass is 254 g/mol. The number of carbonyl (C=O) groups excluding carboxylic acids is 1. The molecule has 1 rings (SSSR count). The summed E-state index contributed by atoms with van der Waals surface area (Å²) in [5.74, 6) is -0.134. The minimum Gasteiger partial charge on any atom is -0.392 e. The number of hydrogen-bond donors (Lipinski definition) is 2. The van der Waals surface area contributed by atoms with Crippen LogP contribution in [0.1, 0.15) is 20.3 Å². The molecule has 0 saturated carbocycles. The van der Waals surface area contributed by atoms with Gasteiger partial charge in [-0.15, -0.1) is 0 Å². The Morgan fingerprint density at radius 2 is 2.29 bits per heavy atom. The van der Waals surface area contributed by atoms with E-state index in [4.69, 9.17) is 18.0 Å². The molecular weight excluding hydrogens is 236 g/mol. The number of thiocarbonyl (C=S) groups is 1. The van der Waals surface area contributed by atoms with Crippen LogP contribution in [0.2, 0.25) is 0 Å². The van der Waals surface area contributed by atoms with Crippen LogP contribution in [0.3, 0.4) is 0 Å². The van der Waals surface area contributed by atoms with Gasteiger partial charge in [0.2, 0.25) is 5.91 Å². The van der Waals surface area contributed by atoms with Crippen molar-refractivity contribution in [2.24, 2.45) is 11.1 Å². The zero-order valence-corrected chi connectivity index (χ0v) is 11.0. The molecule has 0 atom stereocenters. The van der Waals surface area contributed by atoms with Crippen LogP contribution in [0.15, 0.2) is 18.5 Å². The van der Waals surface area contributed by atoms with Gasteiger partial charge in [-0.25, -0.2) is 0 Å². The molecule has 94 valence electrons. The van der Waals surface area contributed by atoms with Crippen molar-refractivity contribution in [2.45, 2.75) is 26.8 Å². The summed E-state index contributed by atoms with van der Waals surface area (Å²) < 4.78 is 1.82. The van der Waals surface area contributed by atoms with Gasteiger partial charge in [0.1, 0.15) is 0 Å². The standard InChI is InChI=1S/C11H18N4OS/c1-11(2,9(12)17)10(16)13-5-3-7-15-8-4-6-14-15/h4,6,8H,3,5,7H2,1-2H3,(H2,12,17)(H,13,16). The quantitative estimate of drug-likeness (QED) is 0.579. The van der Waals surface area contributed by atoms with Crippen LogP contribution in [0.5, 0.6) is 0 Å². The van der Waals surface area contributed by atoms with Crippen LogP contribution in [0, 0.1) is 5.41 Å². The van der Waals surface area contributed by atoms with Gasteiger partial charge < -0.3 is 11.1 Å². The normalized spacial score (nSPS) is 11.2. The van der Waals surface area contributed by atoms with E-state index in [2.05, 4.69) is 10.4 Å². The molecule has 1 aromatic heterocycles. The molecule has 0 bridgehead atoms. The number of amides is 1. The highest BCUT2D eigenvalue weighted by molar-refractivity contribution is 7.80. The first kappa shape index (κ1) is 13.6. The first-order chi connectivity index (χ1) is 7.94. The number of nitrogens with two attached hydrogens (primary N) is 1. The van der Waals surface area contributed by atoms with Gasteiger partial charge in [-0.1, -0.05) is 12.2 Å². The Balaban J connectivity index is 2.27. The largest absolute Gasteiger partial charge is 0.392 e. The first-order valence-electron chi connectivity index (χ1n) is 5.50. The number of carbonyl (C=O) groups is 1. The number of aromatic nitrogens is 2. The molecule has 1 heterocycles. The molecule has 0 aliphatic heterocycles. The molecule has 1 amide bonds. The molecule has 17 heavy (non-hydrogen) atoms. The van der Waals surface area contributed by atoms with Crippen LogP contribution in [0.4, 0.5) is 0 Å². The fourth-order valence-corrected chi connectivity index (χ4v) is 1.30. The maximum atomic E-state index is 11.8. The number of aryl methyl sites for hydroxylation is 1. The van der Waals surface area contributed by atoms with Gasteiger partial charge in [0.15, 0.2) is 0 Å². The van der Waals surface area contributed by atoms with E-state index in [0.717, 1.165) is 13.0 Å². The number of hydrogen-bond acceptors (Lipinski definition) is 3. The third-order valence-electron chi connectivity index (χ3n) is 2.59. The van der Waals surface area contributed by atoms with Crippen molar-refractivity contribution in [3.63, 3.8) is 0 Å². The lowest BCUT2D eigenvalue weighted by molar-refractivity contribution is -0.126. The zero-order valence-electron chi connectivity index (χ0n) is 10.1. The van der Waals surface area contributed by atoms with Gasteiger partial charge in [0.05, 0.1) is 10.4 Å². The molecule has 5 nitrogen and oxygen atoms in total. The molecule has 1 aromatic rings. The average Bonchev–Trinajstić information content (AvgIpc) is 2.76. The summed E-state index contributed by atoms with van der Waals surface area (Å²) in [6.07, 6.45) is 4.44. The molecule has 6 heteroatoms. The summed E-state index contributed by atoms with van der Waals surface area (Å²) in [6.45, 7) is 4.81. The number of rotatable bonds is 6. The summed E-state index contributed by atoms with van der Waals surface area (Å²) in [4.78, 5) is 12.0. The molecule has 0 radical (unpaired) electrons. The van der Waals surface area contributed by atoms with E-state index in [9.17, 15) is 4.79 Å². The molecular formula is C11H18N4OS. The Morgan fingerprint density at radius 1 is 1.59 bits per heavy atom. The lowest BCUT2D eigenvalue weighted by Gasteiger charge is -2.21. The van der Waals surface area contributed by atoms with Crippen LogP contribution < -0.4 is 11.1 Å². The van der Waals surface area contributed by atoms with Crippen LogP contribution >= 0.6 is 12.2 Å². The van der Waals surface area contributed by atoms with Crippen molar-refractivity contribution < 1.29 is 4.79 Å². The zero-order chi connectivity index (χ0) is 12.9. The van der Waals surface area contributed by atoms with E-state index >= 15 is 0 Å². The van der Waals surface area contributed by atoms with Crippen molar-refractivity contribution >= 4 is 23.1 Å². The Labute approximate surface area is 106 Å². The second kappa shape index (κ2) is 5.77. The predicted molar refractivity (Wildman–Crippen MR) is 70.4 cm³/mol. The first-order valence-corrected chi connectivity index (χ1v) is 5.91. The van der Waals surface area contributed by atoms with Gasteiger partial charge in [0, 0.05) is 25.5 Å². The second-order valence-corrected chi connectivity index (χ2v) is 4.81. The third kappa shape index (κ3) is 3.81. The van der Waals surface area contributed by atoms with Gasteiger partial charge in [0.25, 0.3) is 0 Å². The van der Waals surface area contributed by atoms with Crippen molar-refractivity contribution in [3.8, 4) is 0 Å². The SMILES string of the molecule is CC(C)(C(=O)NCCCn1cccn1)C(N)=S. The molecule has 0 fully saturated rings. The minimum absolute atomic E-state index is 0.134. The van der Waals surface area contributed by atoms with Crippen molar-refractivity contribution in [2.75, 3.05) is 6.54 Å².